The number of rotatable bonds is 5. The molecule has 1 N–H and O–H groups in total. The van der Waals surface area contributed by atoms with Gasteiger partial charge in [0.1, 0.15) is 5.15 Å². The molecule has 4 aromatic rings. The minimum atomic E-state index is -0.150. The van der Waals surface area contributed by atoms with Crippen LogP contribution in [-0.2, 0) is 6.54 Å². The fourth-order valence-electron chi connectivity index (χ4n) is 3.23. The van der Waals surface area contributed by atoms with Crippen LogP contribution in [0.1, 0.15) is 10.4 Å². The molecule has 4 rings (SSSR count). The summed E-state index contributed by atoms with van der Waals surface area (Å²) in [5.41, 5.74) is 3.29. The zero-order chi connectivity index (χ0) is 19.7. The fourth-order valence-corrected chi connectivity index (χ4v) is 3.38. The predicted molar refractivity (Wildman–Crippen MR) is 115 cm³/mol. The number of fused-ring (bicyclic) bond motifs is 2. The molecule has 0 aliphatic heterocycles. The quantitative estimate of drug-likeness (QED) is 0.503. The maximum Gasteiger partial charge on any atom is 0.255 e. The van der Waals surface area contributed by atoms with Gasteiger partial charge in [0, 0.05) is 46.8 Å². The number of hydrogen-bond donors (Lipinski definition) is 1. The van der Waals surface area contributed by atoms with Crippen molar-refractivity contribution in [1.82, 2.24) is 14.5 Å². The number of nitrogens with zero attached hydrogens (tertiary/aromatic N) is 3. The Morgan fingerprint density at radius 2 is 1.93 bits per heavy atom. The van der Waals surface area contributed by atoms with Gasteiger partial charge in [-0.25, -0.2) is 4.98 Å². The van der Waals surface area contributed by atoms with Crippen molar-refractivity contribution in [3.63, 3.8) is 0 Å². The van der Waals surface area contributed by atoms with Crippen molar-refractivity contribution in [1.29, 1.82) is 0 Å². The number of aromatic nitrogens is 2. The first kappa shape index (κ1) is 18.5. The second-order valence-corrected chi connectivity index (χ2v) is 7.47. The standard InChI is InChI=1S/C22H21ClN4O/c1-26(2)11-12-27-10-9-16-14-18(5-7-20(16)27)24-22(28)17-3-6-19-15(13-17)4-8-21(23)25-19/h3-10,13-14H,11-12H2,1-2H3,(H,24,28). The summed E-state index contributed by atoms with van der Waals surface area (Å²) in [5.74, 6) is -0.150. The number of carbonyl (C=O) groups is 1. The highest BCUT2D eigenvalue weighted by Gasteiger charge is 2.09. The summed E-state index contributed by atoms with van der Waals surface area (Å²) in [6, 6.07) is 17.0. The van der Waals surface area contributed by atoms with Crippen LogP contribution in [0.2, 0.25) is 5.15 Å². The molecular weight excluding hydrogens is 372 g/mol. The molecule has 0 fully saturated rings. The third-order valence-electron chi connectivity index (χ3n) is 4.73. The number of nitrogens with one attached hydrogen (secondary N) is 1. The van der Waals surface area contributed by atoms with E-state index in [2.05, 4.69) is 46.1 Å². The lowest BCUT2D eigenvalue weighted by molar-refractivity contribution is 0.102. The Bertz CT molecular complexity index is 1170. The number of benzene rings is 2. The summed E-state index contributed by atoms with van der Waals surface area (Å²) >= 11 is 5.92. The van der Waals surface area contributed by atoms with Gasteiger partial charge in [-0.05, 0) is 68.7 Å². The number of carbonyl (C=O) groups excluding carboxylic acids is 1. The Kier molecular flexibility index (Phi) is 5.03. The van der Waals surface area contributed by atoms with Crippen LogP contribution >= 0.6 is 11.6 Å². The molecule has 142 valence electrons. The zero-order valence-corrected chi connectivity index (χ0v) is 16.6. The summed E-state index contributed by atoms with van der Waals surface area (Å²) < 4.78 is 2.22. The zero-order valence-electron chi connectivity index (χ0n) is 15.8. The lowest BCUT2D eigenvalue weighted by Gasteiger charge is -2.11. The van der Waals surface area contributed by atoms with Gasteiger partial charge < -0.3 is 14.8 Å². The van der Waals surface area contributed by atoms with E-state index in [0.717, 1.165) is 40.6 Å². The van der Waals surface area contributed by atoms with Crippen LogP contribution in [0, 0.1) is 0 Å². The van der Waals surface area contributed by atoms with Crippen molar-refractivity contribution in [2.75, 3.05) is 26.0 Å². The van der Waals surface area contributed by atoms with Gasteiger partial charge >= 0.3 is 0 Å². The summed E-state index contributed by atoms with van der Waals surface area (Å²) in [4.78, 5) is 19.1. The molecule has 28 heavy (non-hydrogen) atoms. The number of amides is 1. The molecule has 0 atom stereocenters. The van der Waals surface area contributed by atoms with Crippen molar-refractivity contribution < 1.29 is 4.79 Å². The summed E-state index contributed by atoms with van der Waals surface area (Å²) in [7, 11) is 4.13. The normalized spacial score (nSPS) is 11.4. The second kappa shape index (κ2) is 7.62. The van der Waals surface area contributed by atoms with Crippen LogP contribution in [0.25, 0.3) is 21.8 Å². The molecule has 2 aromatic heterocycles. The highest BCUT2D eigenvalue weighted by Crippen LogP contribution is 2.22. The van der Waals surface area contributed by atoms with Gasteiger partial charge in [0.2, 0.25) is 0 Å². The highest BCUT2D eigenvalue weighted by molar-refractivity contribution is 6.29. The maximum absolute atomic E-state index is 12.7. The van der Waals surface area contributed by atoms with Crippen LogP contribution in [0.5, 0.6) is 0 Å². The van der Waals surface area contributed by atoms with Crippen molar-refractivity contribution in [3.05, 3.63) is 71.5 Å². The molecule has 0 bridgehead atoms. The first-order valence-electron chi connectivity index (χ1n) is 9.11. The average molecular weight is 393 g/mol. The van der Waals surface area contributed by atoms with E-state index in [-0.39, 0.29) is 5.91 Å². The molecule has 0 radical (unpaired) electrons. The number of likely N-dealkylation sites (N-methyl/N-ethyl adjacent to an activating group) is 1. The van der Waals surface area contributed by atoms with Gasteiger partial charge in [-0.2, -0.15) is 0 Å². The van der Waals surface area contributed by atoms with Crippen LogP contribution < -0.4 is 5.32 Å². The molecule has 1 amide bonds. The van der Waals surface area contributed by atoms with Crippen LogP contribution in [0.3, 0.4) is 0 Å². The van der Waals surface area contributed by atoms with Crippen molar-refractivity contribution in [3.8, 4) is 0 Å². The molecule has 5 nitrogen and oxygen atoms in total. The minimum absolute atomic E-state index is 0.150. The first-order chi connectivity index (χ1) is 13.5. The van der Waals surface area contributed by atoms with Gasteiger partial charge in [-0.1, -0.05) is 11.6 Å². The van der Waals surface area contributed by atoms with E-state index in [1.54, 1.807) is 12.1 Å². The SMILES string of the molecule is CN(C)CCn1ccc2cc(NC(=O)c3ccc4nc(Cl)ccc4c3)ccc21. The lowest BCUT2D eigenvalue weighted by Crippen LogP contribution is -2.17. The monoisotopic (exact) mass is 392 g/mol. The lowest BCUT2D eigenvalue weighted by atomic mass is 10.1. The van der Waals surface area contributed by atoms with E-state index in [1.807, 2.05) is 36.4 Å². The Morgan fingerprint density at radius 1 is 1.07 bits per heavy atom. The van der Waals surface area contributed by atoms with Crippen LogP contribution in [-0.4, -0.2) is 41.0 Å². The number of hydrogen-bond acceptors (Lipinski definition) is 3. The largest absolute Gasteiger partial charge is 0.346 e. The predicted octanol–water partition coefficient (Wildman–Crippen LogP) is 4.66. The van der Waals surface area contributed by atoms with E-state index in [0.29, 0.717) is 10.7 Å². The molecule has 6 heteroatoms. The summed E-state index contributed by atoms with van der Waals surface area (Å²) in [6.45, 7) is 1.90. The van der Waals surface area contributed by atoms with Gasteiger partial charge in [0.15, 0.2) is 0 Å². The minimum Gasteiger partial charge on any atom is -0.346 e. The molecule has 2 heterocycles. The fraction of sp³-hybridized carbons (Fsp3) is 0.182. The molecule has 0 saturated heterocycles. The molecule has 0 unspecified atom stereocenters. The number of halogens is 1. The first-order valence-corrected chi connectivity index (χ1v) is 9.49. The van der Waals surface area contributed by atoms with E-state index in [1.165, 1.54) is 0 Å². The number of anilines is 1. The van der Waals surface area contributed by atoms with Crippen molar-refractivity contribution in [2.24, 2.45) is 0 Å². The maximum atomic E-state index is 12.7. The average Bonchev–Trinajstić information content (AvgIpc) is 3.08. The molecule has 0 aliphatic rings. The van der Waals surface area contributed by atoms with Crippen molar-refractivity contribution >= 4 is 45.0 Å². The van der Waals surface area contributed by atoms with Gasteiger partial charge in [-0.15, -0.1) is 0 Å². The Hall–Kier alpha value is -2.89. The van der Waals surface area contributed by atoms with E-state index in [9.17, 15) is 4.79 Å². The molecule has 2 aromatic carbocycles. The smallest absolute Gasteiger partial charge is 0.255 e. The molecular formula is C22H21ClN4O. The van der Waals surface area contributed by atoms with Crippen LogP contribution in [0.15, 0.2) is 60.8 Å². The Morgan fingerprint density at radius 3 is 2.75 bits per heavy atom. The highest BCUT2D eigenvalue weighted by atomic mass is 35.5. The van der Waals surface area contributed by atoms with Crippen molar-refractivity contribution in [2.45, 2.75) is 6.54 Å². The van der Waals surface area contributed by atoms with Gasteiger partial charge in [0.05, 0.1) is 5.52 Å². The third-order valence-corrected chi connectivity index (χ3v) is 4.94. The Labute approximate surface area is 168 Å². The van der Waals surface area contributed by atoms with Gasteiger partial charge in [0.25, 0.3) is 5.91 Å². The van der Waals surface area contributed by atoms with E-state index in [4.69, 9.17) is 11.6 Å². The number of pyridine rings is 1. The second-order valence-electron chi connectivity index (χ2n) is 7.08. The summed E-state index contributed by atoms with van der Waals surface area (Å²) in [5, 5.41) is 5.41. The molecule has 0 aliphatic carbocycles. The topological polar surface area (TPSA) is 50.2 Å². The van der Waals surface area contributed by atoms with Crippen LogP contribution in [0.4, 0.5) is 5.69 Å². The van der Waals surface area contributed by atoms with E-state index >= 15 is 0 Å². The molecule has 0 saturated carbocycles. The third kappa shape index (κ3) is 3.86. The summed E-state index contributed by atoms with van der Waals surface area (Å²) in [6.07, 6.45) is 2.08. The van der Waals surface area contributed by atoms with E-state index < -0.39 is 0 Å². The van der Waals surface area contributed by atoms with Gasteiger partial charge in [-0.3, -0.25) is 4.79 Å². The Balaban J connectivity index is 1.54. The molecule has 0 spiro atoms.